The molecule has 1 unspecified atom stereocenters. The second-order valence-electron chi connectivity index (χ2n) is 4.70. The van der Waals surface area contributed by atoms with Gasteiger partial charge in [-0.15, -0.1) is 11.6 Å². The number of fused-ring (bicyclic) bond motifs is 1. The number of alkyl halides is 1. The molecule has 0 aliphatic rings. The lowest BCUT2D eigenvalue weighted by Crippen LogP contribution is -2.32. The van der Waals surface area contributed by atoms with Gasteiger partial charge in [-0.05, 0) is 19.4 Å². The largest absolute Gasteiger partial charge is 0.481 e. The second-order valence-corrected chi connectivity index (χ2v) is 4.96. The third-order valence-corrected chi connectivity index (χ3v) is 3.47. The summed E-state index contributed by atoms with van der Waals surface area (Å²) in [5.41, 5.74) is 1.30. The molecule has 1 atom stereocenters. The molecule has 0 fully saturated rings. The smallest absolute Gasteiger partial charge is 0.242 e. The summed E-state index contributed by atoms with van der Waals surface area (Å²) in [4.78, 5) is 21.0. The number of hydrogen-bond donors (Lipinski definition) is 1. The molecule has 1 amide bonds. The highest BCUT2D eigenvalue weighted by Gasteiger charge is 2.22. The topological polar surface area (TPSA) is 69.0 Å². The number of aromatic nitrogens is 3. The lowest BCUT2D eigenvalue weighted by molar-refractivity contribution is -0.123. The first-order valence-corrected chi connectivity index (χ1v) is 7.41. The van der Waals surface area contributed by atoms with Crippen LogP contribution in [0.2, 0.25) is 0 Å². The number of pyridine rings is 1. The molecule has 0 aliphatic carbocycles. The summed E-state index contributed by atoms with van der Waals surface area (Å²) >= 11 is 5.96. The molecule has 2 aromatic heterocycles. The van der Waals surface area contributed by atoms with Gasteiger partial charge in [0.2, 0.25) is 11.8 Å². The fourth-order valence-electron chi connectivity index (χ4n) is 2.13. The van der Waals surface area contributed by atoms with Crippen molar-refractivity contribution in [3.63, 3.8) is 0 Å². The van der Waals surface area contributed by atoms with E-state index in [0.29, 0.717) is 29.4 Å². The molecule has 2 aromatic rings. The average molecular weight is 311 g/mol. The van der Waals surface area contributed by atoms with Crippen molar-refractivity contribution in [2.24, 2.45) is 0 Å². The van der Waals surface area contributed by atoms with E-state index in [9.17, 15) is 4.79 Å². The Balaban J connectivity index is 2.46. The number of ether oxygens (including phenoxy) is 1. The van der Waals surface area contributed by atoms with Gasteiger partial charge in [-0.2, -0.15) is 4.98 Å². The van der Waals surface area contributed by atoms with Crippen LogP contribution >= 0.6 is 11.6 Å². The maximum atomic E-state index is 12.2. The van der Waals surface area contributed by atoms with Gasteiger partial charge in [-0.1, -0.05) is 6.92 Å². The van der Waals surface area contributed by atoms with Crippen molar-refractivity contribution in [3.8, 4) is 5.88 Å². The van der Waals surface area contributed by atoms with Crippen LogP contribution in [-0.2, 0) is 10.7 Å². The maximum absolute atomic E-state index is 12.2. The molecule has 0 radical (unpaired) electrons. The van der Waals surface area contributed by atoms with Crippen LogP contribution in [0.25, 0.3) is 11.2 Å². The van der Waals surface area contributed by atoms with Crippen molar-refractivity contribution >= 4 is 28.7 Å². The Bertz CT molecular complexity index is 641. The van der Waals surface area contributed by atoms with Crippen molar-refractivity contribution in [2.75, 3.05) is 13.7 Å². The zero-order chi connectivity index (χ0) is 15.4. The van der Waals surface area contributed by atoms with E-state index in [-0.39, 0.29) is 11.8 Å². The number of nitrogens with one attached hydrogen (secondary N) is 1. The van der Waals surface area contributed by atoms with Crippen LogP contribution in [-0.4, -0.2) is 34.1 Å². The van der Waals surface area contributed by atoms with E-state index in [2.05, 4.69) is 15.3 Å². The Morgan fingerprint density at radius 3 is 2.86 bits per heavy atom. The Hall–Kier alpha value is -1.82. The average Bonchev–Trinajstić information content (AvgIpc) is 2.88. The lowest BCUT2D eigenvalue weighted by Gasteiger charge is -2.16. The Labute approximate surface area is 128 Å². The first kappa shape index (κ1) is 15.6. The van der Waals surface area contributed by atoms with Gasteiger partial charge < -0.3 is 10.1 Å². The number of nitrogens with zero attached hydrogens (tertiary/aromatic N) is 3. The Morgan fingerprint density at radius 1 is 1.48 bits per heavy atom. The summed E-state index contributed by atoms with van der Waals surface area (Å²) in [7, 11) is 1.55. The fraction of sp³-hybridized carbons (Fsp3) is 0.500. The standard InChI is InChI=1S/C14H19ClN4O2/c1-4-7-16-14(20)9(2)19-11(8-15)17-10-5-6-12(21-3)18-13(10)19/h5-6,9H,4,7-8H2,1-3H3,(H,16,20). The van der Waals surface area contributed by atoms with Crippen LogP contribution < -0.4 is 10.1 Å². The van der Waals surface area contributed by atoms with E-state index < -0.39 is 6.04 Å². The maximum Gasteiger partial charge on any atom is 0.242 e. The normalized spacial score (nSPS) is 12.4. The van der Waals surface area contributed by atoms with Crippen molar-refractivity contribution in [3.05, 3.63) is 18.0 Å². The minimum absolute atomic E-state index is 0.0767. The molecule has 1 N–H and O–H groups in total. The highest BCUT2D eigenvalue weighted by Crippen LogP contribution is 2.23. The van der Waals surface area contributed by atoms with Crippen LogP contribution in [0.3, 0.4) is 0 Å². The minimum Gasteiger partial charge on any atom is -0.481 e. The lowest BCUT2D eigenvalue weighted by atomic mass is 10.3. The third-order valence-electron chi connectivity index (χ3n) is 3.23. The second kappa shape index (κ2) is 6.76. The summed E-state index contributed by atoms with van der Waals surface area (Å²) in [5, 5.41) is 2.88. The highest BCUT2D eigenvalue weighted by atomic mass is 35.5. The van der Waals surface area contributed by atoms with E-state index in [1.165, 1.54) is 0 Å². The quantitative estimate of drug-likeness (QED) is 0.831. The van der Waals surface area contributed by atoms with E-state index in [0.717, 1.165) is 6.42 Å². The summed E-state index contributed by atoms with van der Waals surface area (Å²) in [6.45, 7) is 4.46. The number of halogens is 1. The zero-order valence-corrected chi connectivity index (χ0v) is 13.1. The number of carbonyl (C=O) groups is 1. The zero-order valence-electron chi connectivity index (χ0n) is 12.4. The molecule has 21 heavy (non-hydrogen) atoms. The summed E-state index contributed by atoms with van der Waals surface area (Å²) in [6.07, 6.45) is 0.886. The molecule has 0 aromatic carbocycles. The predicted molar refractivity (Wildman–Crippen MR) is 81.6 cm³/mol. The summed E-state index contributed by atoms with van der Waals surface area (Å²) < 4.78 is 6.90. The number of imidazole rings is 1. The third kappa shape index (κ3) is 3.10. The predicted octanol–water partition coefficient (Wildman–Crippen LogP) is 2.27. The van der Waals surface area contributed by atoms with Crippen LogP contribution in [0.15, 0.2) is 12.1 Å². The number of rotatable bonds is 6. The molecular formula is C14H19ClN4O2. The number of carbonyl (C=O) groups excluding carboxylic acids is 1. The molecule has 2 heterocycles. The van der Waals surface area contributed by atoms with Gasteiger partial charge in [0.15, 0.2) is 5.65 Å². The van der Waals surface area contributed by atoms with Crippen LogP contribution in [0.4, 0.5) is 0 Å². The molecule has 6 nitrogen and oxygen atoms in total. The van der Waals surface area contributed by atoms with Crippen molar-refractivity contribution < 1.29 is 9.53 Å². The molecule has 0 spiro atoms. The Morgan fingerprint density at radius 2 is 2.24 bits per heavy atom. The molecular weight excluding hydrogens is 292 g/mol. The molecule has 0 saturated heterocycles. The Kier molecular flexibility index (Phi) is 5.01. The SMILES string of the molecule is CCCNC(=O)C(C)n1c(CCl)nc2ccc(OC)nc21. The highest BCUT2D eigenvalue weighted by molar-refractivity contribution is 6.16. The van der Waals surface area contributed by atoms with Gasteiger partial charge in [-0.25, -0.2) is 4.98 Å². The van der Waals surface area contributed by atoms with Gasteiger partial charge >= 0.3 is 0 Å². The van der Waals surface area contributed by atoms with Gasteiger partial charge in [0.25, 0.3) is 0 Å². The monoisotopic (exact) mass is 310 g/mol. The fourth-order valence-corrected chi connectivity index (χ4v) is 2.32. The first-order valence-electron chi connectivity index (χ1n) is 6.87. The van der Waals surface area contributed by atoms with E-state index in [1.807, 2.05) is 19.9 Å². The van der Waals surface area contributed by atoms with Crippen LogP contribution in [0, 0.1) is 0 Å². The van der Waals surface area contributed by atoms with Gasteiger partial charge in [0.1, 0.15) is 17.4 Å². The van der Waals surface area contributed by atoms with Gasteiger partial charge in [0.05, 0.1) is 13.0 Å². The molecule has 0 saturated carbocycles. The first-order chi connectivity index (χ1) is 10.1. The van der Waals surface area contributed by atoms with E-state index >= 15 is 0 Å². The van der Waals surface area contributed by atoms with Crippen molar-refractivity contribution in [1.29, 1.82) is 0 Å². The number of amides is 1. The molecule has 0 aliphatic heterocycles. The number of methoxy groups -OCH3 is 1. The molecule has 114 valence electrons. The van der Waals surface area contributed by atoms with Crippen LogP contribution in [0.5, 0.6) is 5.88 Å². The van der Waals surface area contributed by atoms with Gasteiger partial charge in [0, 0.05) is 12.6 Å². The molecule has 2 rings (SSSR count). The van der Waals surface area contributed by atoms with Crippen molar-refractivity contribution in [2.45, 2.75) is 32.2 Å². The van der Waals surface area contributed by atoms with E-state index in [1.54, 1.807) is 17.7 Å². The summed E-state index contributed by atoms with van der Waals surface area (Å²) in [6, 6.07) is 3.11. The molecule has 0 bridgehead atoms. The molecule has 7 heteroatoms. The number of hydrogen-bond acceptors (Lipinski definition) is 4. The van der Waals surface area contributed by atoms with Crippen LogP contribution in [0.1, 0.15) is 32.1 Å². The van der Waals surface area contributed by atoms with E-state index in [4.69, 9.17) is 16.3 Å². The van der Waals surface area contributed by atoms with Crippen molar-refractivity contribution in [1.82, 2.24) is 19.9 Å². The van der Waals surface area contributed by atoms with Gasteiger partial charge in [-0.3, -0.25) is 9.36 Å². The summed E-state index contributed by atoms with van der Waals surface area (Å²) in [5.74, 6) is 1.23. The minimum atomic E-state index is -0.435.